The van der Waals surface area contributed by atoms with Crippen molar-refractivity contribution >= 4 is 50.7 Å². The number of rotatable bonds is 12. The van der Waals surface area contributed by atoms with Gasteiger partial charge in [-0.2, -0.15) is 0 Å². The van der Waals surface area contributed by atoms with Crippen molar-refractivity contribution < 1.29 is 18.0 Å². The number of nitrogens with one attached hydrogen (secondary N) is 1. The fraction of sp³-hybridized carbons (Fsp3) is 0.297. The minimum absolute atomic E-state index is 0.00659. The van der Waals surface area contributed by atoms with Gasteiger partial charge >= 0.3 is 0 Å². The number of anilines is 1. The third-order valence-electron chi connectivity index (χ3n) is 8.75. The number of halogens is 2. The summed E-state index contributed by atoms with van der Waals surface area (Å²) in [6.45, 7) is 3.18. The maximum atomic E-state index is 14.7. The summed E-state index contributed by atoms with van der Waals surface area (Å²) in [4.78, 5) is 30.4. The summed E-state index contributed by atoms with van der Waals surface area (Å²) in [5, 5.41) is 3.85. The average molecular weight is 693 g/mol. The molecule has 7 nitrogen and oxygen atoms in total. The Morgan fingerprint density at radius 2 is 1.45 bits per heavy atom. The molecule has 1 fully saturated rings. The molecule has 0 aliphatic heterocycles. The van der Waals surface area contributed by atoms with E-state index in [1.807, 2.05) is 50.2 Å². The Hall–Kier alpha value is -3.85. The zero-order chi connectivity index (χ0) is 33.6. The topological polar surface area (TPSA) is 86.8 Å². The van der Waals surface area contributed by atoms with Crippen LogP contribution in [0.1, 0.15) is 47.9 Å². The second kappa shape index (κ2) is 15.4. The normalized spacial score (nSPS) is 14.0. The van der Waals surface area contributed by atoms with Crippen molar-refractivity contribution in [3.8, 4) is 0 Å². The second-order valence-electron chi connectivity index (χ2n) is 12.0. The Kier molecular flexibility index (Phi) is 11.3. The zero-order valence-electron chi connectivity index (χ0n) is 26.5. The van der Waals surface area contributed by atoms with E-state index in [0.717, 1.165) is 46.7 Å². The molecule has 1 aliphatic carbocycles. The number of nitrogens with zero attached hydrogens (tertiary/aromatic N) is 2. The smallest absolute Gasteiger partial charge is 0.264 e. The predicted molar refractivity (Wildman–Crippen MR) is 188 cm³/mol. The summed E-state index contributed by atoms with van der Waals surface area (Å²) < 4.78 is 29.5. The van der Waals surface area contributed by atoms with Crippen LogP contribution in [0.2, 0.25) is 10.0 Å². The molecule has 4 aromatic carbocycles. The molecule has 0 aromatic heterocycles. The van der Waals surface area contributed by atoms with Gasteiger partial charge in [-0.15, -0.1) is 0 Å². The fourth-order valence-corrected chi connectivity index (χ4v) is 7.85. The Morgan fingerprint density at radius 3 is 2.06 bits per heavy atom. The third kappa shape index (κ3) is 8.36. The number of carbonyl (C=O) groups is 2. The molecule has 0 radical (unpaired) electrons. The van der Waals surface area contributed by atoms with Crippen molar-refractivity contribution in [2.45, 2.75) is 69.5 Å². The molecular formula is C37H39Cl2N3O4S. The van der Waals surface area contributed by atoms with Crippen LogP contribution < -0.4 is 9.62 Å². The van der Waals surface area contributed by atoms with Crippen molar-refractivity contribution in [3.05, 3.63) is 129 Å². The SMILES string of the molecule is Cc1ccc(N(CC(=O)N(Cc2c(Cl)cccc2Cl)C(Cc2ccccc2)C(=O)NC2CCCC2)S(=O)(=O)c2ccccc2)cc1C. The lowest BCUT2D eigenvalue weighted by molar-refractivity contribution is -0.140. The predicted octanol–water partition coefficient (Wildman–Crippen LogP) is 7.50. The summed E-state index contributed by atoms with van der Waals surface area (Å²) >= 11 is 13.2. The van der Waals surface area contributed by atoms with Crippen LogP contribution in [0.15, 0.2) is 102 Å². The Bertz CT molecular complexity index is 1790. The maximum Gasteiger partial charge on any atom is 0.264 e. The van der Waals surface area contributed by atoms with E-state index < -0.39 is 28.5 Å². The van der Waals surface area contributed by atoms with Crippen LogP contribution in [-0.2, 0) is 32.6 Å². The Morgan fingerprint density at radius 1 is 0.830 bits per heavy atom. The number of amides is 2. The van der Waals surface area contributed by atoms with Gasteiger partial charge in [0, 0.05) is 34.6 Å². The van der Waals surface area contributed by atoms with E-state index in [1.54, 1.807) is 48.5 Å². The van der Waals surface area contributed by atoms with E-state index in [9.17, 15) is 18.0 Å². The number of sulfonamides is 1. The third-order valence-corrected chi connectivity index (χ3v) is 11.2. The number of benzene rings is 4. The minimum atomic E-state index is -4.19. The van der Waals surface area contributed by atoms with Gasteiger partial charge in [0.15, 0.2) is 0 Å². The first kappa shape index (κ1) is 34.5. The molecule has 4 aromatic rings. The molecule has 1 unspecified atom stereocenters. The first-order chi connectivity index (χ1) is 22.5. The maximum absolute atomic E-state index is 14.7. The largest absolute Gasteiger partial charge is 0.352 e. The van der Waals surface area contributed by atoms with Gasteiger partial charge in [-0.3, -0.25) is 13.9 Å². The van der Waals surface area contributed by atoms with E-state index in [0.29, 0.717) is 21.3 Å². The highest BCUT2D eigenvalue weighted by Crippen LogP contribution is 2.30. The summed E-state index contributed by atoms with van der Waals surface area (Å²) in [6, 6.07) is 26.9. The zero-order valence-corrected chi connectivity index (χ0v) is 28.9. The monoisotopic (exact) mass is 691 g/mol. The van der Waals surface area contributed by atoms with E-state index in [-0.39, 0.29) is 29.8 Å². The Balaban J connectivity index is 1.60. The fourth-order valence-electron chi connectivity index (χ4n) is 5.90. The number of carbonyl (C=O) groups excluding carboxylic acids is 2. The lowest BCUT2D eigenvalue weighted by Gasteiger charge is -2.34. The van der Waals surface area contributed by atoms with Gasteiger partial charge in [0.1, 0.15) is 12.6 Å². The highest BCUT2D eigenvalue weighted by atomic mass is 35.5. The van der Waals surface area contributed by atoms with Crippen molar-refractivity contribution in [3.63, 3.8) is 0 Å². The molecule has 1 saturated carbocycles. The van der Waals surface area contributed by atoms with Gasteiger partial charge in [0.2, 0.25) is 11.8 Å². The average Bonchev–Trinajstić information content (AvgIpc) is 3.58. The van der Waals surface area contributed by atoms with Gasteiger partial charge < -0.3 is 10.2 Å². The summed E-state index contributed by atoms with van der Waals surface area (Å²) in [5.41, 5.74) is 3.53. The molecule has 1 atom stereocenters. The van der Waals surface area contributed by atoms with Crippen molar-refractivity contribution in [1.82, 2.24) is 10.2 Å². The van der Waals surface area contributed by atoms with Crippen LogP contribution >= 0.6 is 23.2 Å². The van der Waals surface area contributed by atoms with Gasteiger partial charge in [0.05, 0.1) is 10.6 Å². The quantitative estimate of drug-likeness (QED) is 0.167. The summed E-state index contributed by atoms with van der Waals surface area (Å²) in [6.07, 6.45) is 3.99. The molecule has 1 aliphatic rings. The van der Waals surface area contributed by atoms with Crippen molar-refractivity contribution in [2.24, 2.45) is 0 Å². The van der Waals surface area contributed by atoms with E-state index in [1.165, 1.54) is 17.0 Å². The second-order valence-corrected chi connectivity index (χ2v) is 14.7. The van der Waals surface area contributed by atoms with Gasteiger partial charge in [-0.1, -0.05) is 96.7 Å². The lowest BCUT2D eigenvalue weighted by Crippen LogP contribution is -2.54. The van der Waals surface area contributed by atoms with E-state index in [4.69, 9.17) is 23.2 Å². The number of hydrogen-bond acceptors (Lipinski definition) is 4. The first-order valence-electron chi connectivity index (χ1n) is 15.8. The minimum Gasteiger partial charge on any atom is -0.352 e. The molecule has 2 amide bonds. The first-order valence-corrected chi connectivity index (χ1v) is 18.0. The van der Waals surface area contributed by atoms with Crippen molar-refractivity contribution in [2.75, 3.05) is 10.8 Å². The lowest BCUT2D eigenvalue weighted by atomic mass is 10.0. The molecular weight excluding hydrogens is 653 g/mol. The number of aryl methyl sites for hydroxylation is 2. The highest BCUT2D eigenvalue weighted by Gasteiger charge is 2.36. The van der Waals surface area contributed by atoms with Crippen LogP contribution in [0.4, 0.5) is 5.69 Å². The van der Waals surface area contributed by atoms with Crippen LogP contribution in [-0.4, -0.2) is 43.8 Å². The van der Waals surface area contributed by atoms with Crippen LogP contribution in [0.3, 0.4) is 0 Å². The van der Waals surface area contributed by atoms with Gasteiger partial charge in [-0.05, 0) is 79.8 Å². The molecule has 0 heterocycles. The van der Waals surface area contributed by atoms with Crippen LogP contribution in [0.5, 0.6) is 0 Å². The van der Waals surface area contributed by atoms with Gasteiger partial charge in [-0.25, -0.2) is 8.42 Å². The highest BCUT2D eigenvalue weighted by molar-refractivity contribution is 7.92. The molecule has 0 spiro atoms. The molecule has 0 bridgehead atoms. The molecule has 1 N–H and O–H groups in total. The standard InChI is InChI=1S/C37H39Cl2N3O4S/c1-26-20-21-30(22-27(26)2)42(47(45,46)31-16-7-4-8-17-31)25-36(43)41(24-32-33(38)18-11-19-34(32)39)35(23-28-12-5-3-6-13-28)37(44)40-29-14-9-10-15-29/h3-8,11-13,16-22,29,35H,9-10,14-15,23-25H2,1-2H3,(H,40,44). The summed E-state index contributed by atoms with van der Waals surface area (Å²) in [7, 11) is -4.19. The number of hydrogen-bond donors (Lipinski definition) is 1. The van der Waals surface area contributed by atoms with E-state index in [2.05, 4.69) is 5.32 Å². The molecule has 246 valence electrons. The molecule has 5 rings (SSSR count). The van der Waals surface area contributed by atoms with Gasteiger partial charge in [0.25, 0.3) is 10.0 Å². The molecule has 0 saturated heterocycles. The van der Waals surface area contributed by atoms with Crippen LogP contribution in [0, 0.1) is 13.8 Å². The Labute approximate surface area is 287 Å². The molecule has 10 heteroatoms. The van der Waals surface area contributed by atoms with Crippen LogP contribution in [0.25, 0.3) is 0 Å². The molecule has 47 heavy (non-hydrogen) atoms. The van der Waals surface area contributed by atoms with E-state index >= 15 is 0 Å². The van der Waals surface area contributed by atoms with Crippen molar-refractivity contribution in [1.29, 1.82) is 0 Å². The summed E-state index contributed by atoms with van der Waals surface area (Å²) in [5.74, 6) is -0.873.